The number of amides is 1. The molecule has 186 valence electrons. The van der Waals surface area contributed by atoms with Crippen molar-refractivity contribution in [2.24, 2.45) is 5.16 Å². The molecule has 1 N–H and O–H groups in total. The summed E-state index contributed by atoms with van der Waals surface area (Å²) >= 11 is 0. The summed E-state index contributed by atoms with van der Waals surface area (Å²) < 4.78 is 49.0. The Bertz CT molecular complexity index is 1430. The van der Waals surface area contributed by atoms with E-state index in [2.05, 4.69) is 5.16 Å². The normalized spacial score (nSPS) is 15.3. The molecule has 1 saturated heterocycles. The van der Waals surface area contributed by atoms with Crippen molar-refractivity contribution in [1.29, 1.82) is 0 Å². The van der Waals surface area contributed by atoms with Crippen LogP contribution >= 0.6 is 0 Å². The van der Waals surface area contributed by atoms with Gasteiger partial charge in [0.15, 0.2) is 17.3 Å². The predicted octanol–water partition coefficient (Wildman–Crippen LogP) is 1.90. The second kappa shape index (κ2) is 9.84. The van der Waals surface area contributed by atoms with Gasteiger partial charge in [0, 0.05) is 49.8 Å². The Morgan fingerprint density at radius 2 is 1.66 bits per heavy atom. The van der Waals surface area contributed by atoms with E-state index in [1.807, 2.05) is 0 Å². The van der Waals surface area contributed by atoms with E-state index >= 15 is 0 Å². The van der Waals surface area contributed by atoms with E-state index in [4.69, 9.17) is 18.6 Å². The lowest BCUT2D eigenvalue weighted by Crippen LogP contribution is -2.50. The average Bonchev–Trinajstić information content (AvgIpc) is 2.91. The first-order chi connectivity index (χ1) is 16.8. The lowest BCUT2D eigenvalue weighted by molar-refractivity contribution is 0.0666. The second-order valence-electron chi connectivity index (χ2n) is 7.67. The number of nitrogens with zero attached hydrogens (tertiary/aromatic N) is 3. The summed E-state index contributed by atoms with van der Waals surface area (Å²) in [5.41, 5.74) is 0.317. The second-order valence-corrected chi connectivity index (χ2v) is 9.61. The van der Waals surface area contributed by atoms with Crippen LogP contribution < -0.4 is 19.6 Å². The van der Waals surface area contributed by atoms with Gasteiger partial charge in [-0.25, -0.2) is 8.42 Å². The van der Waals surface area contributed by atoms with Crippen molar-refractivity contribution in [2.45, 2.75) is 4.90 Å². The molecular weight excluding hydrogens is 478 g/mol. The average molecular weight is 504 g/mol. The standard InChI is InChI=1S/C23H25N3O8S/c1-31-15-4-6-17-18(24-28)14-22(34-20(17)12-15)23(27)25-8-10-26(11-9-25)35(29,30)16-5-7-19(32-2)21(13-16)33-3/h4-7,12-14,28H,8-11H2,1-3H3/b24-18-. The molecule has 0 bridgehead atoms. The minimum absolute atomic E-state index is 0.0326. The number of ether oxygens (including phenoxy) is 3. The molecule has 0 aliphatic carbocycles. The van der Waals surface area contributed by atoms with Crippen molar-refractivity contribution in [3.05, 3.63) is 53.6 Å². The number of sulfonamides is 1. The highest BCUT2D eigenvalue weighted by Crippen LogP contribution is 2.31. The van der Waals surface area contributed by atoms with Gasteiger partial charge in [0.1, 0.15) is 16.7 Å². The van der Waals surface area contributed by atoms with Crippen molar-refractivity contribution in [1.82, 2.24) is 9.21 Å². The molecule has 1 amide bonds. The molecule has 0 saturated carbocycles. The minimum atomic E-state index is -3.81. The Hall–Kier alpha value is -3.77. The molecule has 1 aliphatic rings. The van der Waals surface area contributed by atoms with Crippen LogP contribution in [-0.4, -0.2) is 76.2 Å². The number of piperazine rings is 1. The van der Waals surface area contributed by atoms with Crippen molar-refractivity contribution < 1.29 is 37.0 Å². The van der Waals surface area contributed by atoms with E-state index in [0.29, 0.717) is 28.2 Å². The number of carbonyl (C=O) groups is 1. The van der Waals surface area contributed by atoms with Gasteiger partial charge >= 0.3 is 0 Å². The quantitative estimate of drug-likeness (QED) is 0.399. The first kappa shape index (κ1) is 24.4. The van der Waals surface area contributed by atoms with Crippen molar-refractivity contribution >= 4 is 26.9 Å². The van der Waals surface area contributed by atoms with Crippen LogP contribution in [0.2, 0.25) is 0 Å². The molecule has 2 aromatic carbocycles. The van der Waals surface area contributed by atoms with Gasteiger partial charge in [0.25, 0.3) is 5.91 Å². The van der Waals surface area contributed by atoms with Gasteiger partial charge in [-0.2, -0.15) is 4.31 Å². The fourth-order valence-corrected chi connectivity index (χ4v) is 5.32. The molecule has 1 aliphatic heterocycles. The molecule has 4 rings (SSSR count). The molecule has 0 radical (unpaired) electrons. The third-order valence-corrected chi connectivity index (χ3v) is 7.68. The van der Waals surface area contributed by atoms with Crippen LogP contribution in [0.4, 0.5) is 0 Å². The molecule has 0 unspecified atom stereocenters. The molecule has 0 spiro atoms. The van der Waals surface area contributed by atoms with Crippen LogP contribution in [-0.2, 0) is 10.0 Å². The SMILES string of the molecule is COc1ccc2/c(=N\O)cc(C(=O)N3CCN(S(=O)(=O)c4ccc(OC)c(OC)c4)CC3)oc2c1. The highest BCUT2D eigenvalue weighted by molar-refractivity contribution is 7.89. The highest BCUT2D eigenvalue weighted by Gasteiger charge is 2.32. The number of fused-ring (bicyclic) bond motifs is 1. The number of benzene rings is 2. The monoisotopic (exact) mass is 503 g/mol. The maximum atomic E-state index is 13.1. The van der Waals surface area contributed by atoms with Crippen molar-refractivity contribution in [3.8, 4) is 17.2 Å². The van der Waals surface area contributed by atoms with Crippen LogP contribution in [0.15, 0.2) is 56.9 Å². The maximum absolute atomic E-state index is 13.1. The Morgan fingerprint density at radius 3 is 2.29 bits per heavy atom. The molecule has 2 heterocycles. The van der Waals surface area contributed by atoms with Gasteiger partial charge in [-0.15, -0.1) is 0 Å². The summed E-state index contributed by atoms with van der Waals surface area (Å²) in [6.45, 7) is 0.507. The van der Waals surface area contributed by atoms with Crippen LogP contribution in [0.25, 0.3) is 11.0 Å². The zero-order valence-electron chi connectivity index (χ0n) is 19.4. The Labute approximate surface area is 201 Å². The zero-order valence-corrected chi connectivity index (χ0v) is 20.2. The molecule has 0 atom stereocenters. The van der Waals surface area contributed by atoms with Crippen LogP contribution in [0.1, 0.15) is 10.6 Å². The fraction of sp³-hybridized carbons (Fsp3) is 0.304. The Balaban J connectivity index is 1.54. The smallest absolute Gasteiger partial charge is 0.289 e. The van der Waals surface area contributed by atoms with Gasteiger partial charge < -0.3 is 28.7 Å². The van der Waals surface area contributed by atoms with E-state index in [1.54, 1.807) is 18.2 Å². The summed E-state index contributed by atoms with van der Waals surface area (Å²) in [5.74, 6) is 0.774. The molecular formula is C23H25N3O8S. The summed E-state index contributed by atoms with van der Waals surface area (Å²) in [6.07, 6.45) is 0. The summed E-state index contributed by atoms with van der Waals surface area (Å²) in [6, 6.07) is 10.7. The van der Waals surface area contributed by atoms with Gasteiger partial charge in [0.05, 0.1) is 26.2 Å². The van der Waals surface area contributed by atoms with E-state index in [-0.39, 0.29) is 42.2 Å². The molecule has 1 fully saturated rings. The largest absolute Gasteiger partial charge is 0.497 e. The van der Waals surface area contributed by atoms with Gasteiger partial charge in [0.2, 0.25) is 10.0 Å². The number of methoxy groups -OCH3 is 3. The lowest BCUT2D eigenvalue weighted by atomic mass is 10.2. The van der Waals surface area contributed by atoms with Gasteiger partial charge in [-0.3, -0.25) is 4.79 Å². The van der Waals surface area contributed by atoms with Crippen molar-refractivity contribution in [2.75, 3.05) is 47.5 Å². The van der Waals surface area contributed by atoms with E-state index in [9.17, 15) is 18.4 Å². The summed E-state index contributed by atoms with van der Waals surface area (Å²) in [4.78, 5) is 14.7. The fourth-order valence-electron chi connectivity index (χ4n) is 3.88. The third kappa shape index (κ3) is 4.62. The third-order valence-electron chi connectivity index (χ3n) is 5.79. The summed E-state index contributed by atoms with van der Waals surface area (Å²) in [5, 5.41) is 13.4. The van der Waals surface area contributed by atoms with Crippen LogP contribution in [0.5, 0.6) is 17.2 Å². The lowest BCUT2D eigenvalue weighted by Gasteiger charge is -2.33. The van der Waals surface area contributed by atoms with Gasteiger partial charge in [-0.05, 0) is 24.3 Å². The molecule has 12 heteroatoms. The van der Waals surface area contributed by atoms with E-state index < -0.39 is 15.9 Å². The van der Waals surface area contributed by atoms with Crippen LogP contribution in [0, 0.1) is 0 Å². The molecule has 3 aromatic rings. The summed E-state index contributed by atoms with van der Waals surface area (Å²) in [7, 11) is 0.600. The molecule has 11 nitrogen and oxygen atoms in total. The predicted molar refractivity (Wildman–Crippen MR) is 124 cm³/mol. The number of hydrogen-bond acceptors (Lipinski definition) is 9. The van der Waals surface area contributed by atoms with E-state index in [1.165, 1.54) is 54.8 Å². The number of hydrogen-bond donors (Lipinski definition) is 1. The maximum Gasteiger partial charge on any atom is 0.289 e. The first-order valence-corrected chi connectivity index (χ1v) is 12.1. The highest BCUT2D eigenvalue weighted by atomic mass is 32.2. The number of carbonyl (C=O) groups excluding carboxylic acids is 1. The van der Waals surface area contributed by atoms with Gasteiger partial charge in [-0.1, -0.05) is 5.16 Å². The van der Waals surface area contributed by atoms with Crippen molar-refractivity contribution in [3.63, 3.8) is 0 Å². The Morgan fingerprint density at radius 1 is 0.943 bits per heavy atom. The first-order valence-electron chi connectivity index (χ1n) is 10.6. The molecule has 35 heavy (non-hydrogen) atoms. The molecule has 1 aromatic heterocycles. The number of rotatable bonds is 6. The Kier molecular flexibility index (Phi) is 6.85. The van der Waals surface area contributed by atoms with Crippen LogP contribution in [0.3, 0.4) is 0 Å². The zero-order chi connectivity index (χ0) is 25.2. The topological polar surface area (TPSA) is 131 Å². The van der Waals surface area contributed by atoms with E-state index in [0.717, 1.165) is 0 Å². The minimum Gasteiger partial charge on any atom is -0.497 e.